The molecule has 0 N–H and O–H groups in total. The van der Waals surface area contributed by atoms with Crippen LogP contribution in [0.5, 0.6) is 11.5 Å². The van der Waals surface area contributed by atoms with Gasteiger partial charge in [-0.1, -0.05) is 54.1 Å². The molecule has 3 rings (SSSR count). The monoisotopic (exact) mass is 396 g/mol. The minimum absolute atomic E-state index is 0.154. The van der Waals surface area contributed by atoms with Gasteiger partial charge in [-0.15, -0.1) is 0 Å². The van der Waals surface area contributed by atoms with Gasteiger partial charge in [0.2, 0.25) is 0 Å². The van der Waals surface area contributed by atoms with Gasteiger partial charge in [0.25, 0.3) is 0 Å². The predicted molar refractivity (Wildman–Crippen MR) is 109 cm³/mol. The van der Waals surface area contributed by atoms with Crippen molar-refractivity contribution in [1.29, 1.82) is 0 Å². The van der Waals surface area contributed by atoms with E-state index < -0.39 is 0 Å². The fourth-order valence-corrected chi connectivity index (χ4v) is 2.71. The third kappa shape index (κ3) is 6.03. The molecule has 0 saturated carbocycles. The number of carbonyl (C=O) groups is 1. The zero-order chi connectivity index (χ0) is 19.8. The van der Waals surface area contributed by atoms with E-state index in [4.69, 9.17) is 25.8 Å². The normalized spacial score (nSPS) is 11.5. The maximum atomic E-state index is 11.2. The number of halogens is 1. The standard InChI is InChI=1S/C23H21ClO4/c1-17(25)26-16-23(19-5-3-2-4-6-19)28-22-11-7-18(8-12-22)15-27-21-13-9-20(24)10-14-21/h2-14,23H,15-16H2,1H3. The number of hydrogen-bond acceptors (Lipinski definition) is 4. The summed E-state index contributed by atoms with van der Waals surface area (Å²) in [6.07, 6.45) is -0.374. The van der Waals surface area contributed by atoms with Crippen molar-refractivity contribution >= 4 is 17.6 Å². The second-order valence-electron chi connectivity index (χ2n) is 6.21. The molecule has 1 atom stereocenters. The summed E-state index contributed by atoms with van der Waals surface area (Å²) < 4.78 is 17.0. The summed E-state index contributed by atoms with van der Waals surface area (Å²) in [5, 5.41) is 0.676. The first-order chi connectivity index (χ1) is 13.6. The van der Waals surface area contributed by atoms with Gasteiger partial charge >= 0.3 is 5.97 Å². The maximum Gasteiger partial charge on any atom is 0.302 e. The van der Waals surface area contributed by atoms with Crippen LogP contribution < -0.4 is 9.47 Å². The molecule has 1 unspecified atom stereocenters. The van der Waals surface area contributed by atoms with Crippen molar-refractivity contribution in [3.8, 4) is 11.5 Å². The summed E-state index contributed by atoms with van der Waals surface area (Å²) >= 11 is 5.87. The van der Waals surface area contributed by atoms with E-state index in [1.54, 1.807) is 12.1 Å². The van der Waals surface area contributed by atoms with Crippen LogP contribution in [0.25, 0.3) is 0 Å². The molecule has 0 saturated heterocycles. The van der Waals surface area contributed by atoms with Crippen LogP contribution in [0.1, 0.15) is 24.2 Å². The van der Waals surface area contributed by atoms with E-state index >= 15 is 0 Å². The Balaban J connectivity index is 1.62. The number of hydrogen-bond donors (Lipinski definition) is 0. The molecule has 0 spiro atoms. The highest BCUT2D eigenvalue weighted by atomic mass is 35.5. The summed E-state index contributed by atoms with van der Waals surface area (Å²) in [7, 11) is 0. The number of ether oxygens (including phenoxy) is 3. The first kappa shape index (κ1) is 19.8. The Labute approximate surface area is 169 Å². The number of carbonyl (C=O) groups excluding carboxylic acids is 1. The van der Waals surface area contributed by atoms with Crippen molar-refractivity contribution in [3.05, 3.63) is 95.0 Å². The summed E-state index contributed by atoms with van der Waals surface area (Å²) in [5.74, 6) is 1.12. The van der Waals surface area contributed by atoms with E-state index in [9.17, 15) is 4.79 Å². The molecule has 0 aliphatic heterocycles. The van der Waals surface area contributed by atoms with Crippen LogP contribution in [-0.2, 0) is 16.1 Å². The van der Waals surface area contributed by atoms with Gasteiger partial charge in [0.1, 0.15) is 24.7 Å². The van der Waals surface area contributed by atoms with E-state index in [0.29, 0.717) is 17.4 Å². The van der Waals surface area contributed by atoms with Crippen molar-refractivity contribution in [2.75, 3.05) is 6.61 Å². The summed E-state index contributed by atoms with van der Waals surface area (Å²) in [6, 6.07) is 24.6. The molecule has 3 aromatic rings. The smallest absolute Gasteiger partial charge is 0.302 e. The maximum absolute atomic E-state index is 11.2. The molecule has 5 heteroatoms. The lowest BCUT2D eigenvalue weighted by Gasteiger charge is -2.19. The number of rotatable bonds is 8. The number of benzene rings is 3. The molecule has 0 aliphatic rings. The zero-order valence-electron chi connectivity index (χ0n) is 15.5. The van der Waals surface area contributed by atoms with Gasteiger partial charge in [-0.3, -0.25) is 4.79 Å². The predicted octanol–water partition coefficient (Wildman–Crippen LogP) is 5.60. The molecule has 0 radical (unpaired) electrons. The van der Waals surface area contributed by atoms with Gasteiger partial charge in [-0.2, -0.15) is 0 Å². The summed E-state index contributed by atoms with van der Waals surface area (Å²) in [6.45, 7) is 1.98. The van der Waals surface area contributed by atoms with Gasteiger partial charge in [0, 0.05) is 11.9 Å². The lowest BCUT2D eigenvalue weighted by atomic mass is 10.1. The molecule has 144 valence electrons. The van der Waals surface area contributed by atoms with E-state index in [-0.39, 0.29) is 18.7 Å². The van der Waals surface area contributed by atoms with Crippen LogP contribution in [0.15, 0.2) is 78.9 Å². The Hall–Kier alpha value is -2.98. The van der Waals surface area contributed by atoms with Crippen LogP contribution in [0.2, 0.25) is 5.02 Å². The summed E-state index contributed by atoms with van der Waals surface area (Å²) in [5.41, 5.74) is 1.96. The Morgan fingerprint density at radius 3 is 2.18 bits per heavy atom. The highest BCUT2D eigenvalue weighted by molar-refractivity contribution is 6.30. The third-order valence-electron chi connectivity index (χ3n) is 4.03. The highest BCUT2D eigenvalue weighted by Gasteiger charge is 2.15. The molecular formula is C23H21ClO4. The van der Waals surface area contributed by atoms with Crippen molar-refractivity contribution in [3.63, 3.8) is 0 Å². The van der Waals surface area contributed by atoms with Crippen LogP contribution >= 0.6 is 11.6 Å². The van der Waals surface area contributed by atoms with E-state index in [1.165, 1.54) is 6.92 Å². The Kier molecular flexibility index (Phi) is 6.93. The van der Waals surface area contributed by atoms with Crippen molar-refractivity contribution < 1.29 is 19.0 Å². The quantitative estimate of drug-likeness (QED) is 0.465. The third-order valence-corrected chi connectivity index (χ3v) is 4.28. The Morgan fingerprint density at radius 2 is 1.54 bits per heavy atom. The van der Waals surface area contributed by atoms with Gasteiger partial charge in [-0.05, 0) is 47.5 Å². The van der Waals surface area contributed by atoms with Gasteiger partial charge in [0.05, 0.1) is 0 Å². The van der Waals surface area contributed by atoms with Gasteiger partial charge < -0.3 is 14.2 Å². The summed E-state index contributed by atoms with van der Waals surface area (Å²) in [4.78, 5) is 11.2. The molecule has 28 heavy (non-hydrogen) atoms. The van der Waals surface area contributed by atoms with Gasteiger partial charge in [-0.25, -0.2) is 0 Å². The minimum atomic E-state index is -0.374. The topological polar surface area (TPSA) is 44.8 Å². The molecule has 0 bridgehead atoms. The lowest BCUT2D eigenvalue weighted by Crippen LogP contribution is -2.16. The van der Waals surface area contributed by atoms with Crippen LogP contribution in [0.3, 0.4) is 0 Å². The van der Waals surface area contributed by atoms with Crippen LogP contribution in [0, 0.1) is 0 Å². The molecule has 3 aromatic carbocycles. The molecule has 4 nitrogen and oxygen atoms in total. The molecular weight excluding hydrogens is 376 g/mol. The van der Waals surface area contributed by atoms with Crippen molar-refractivity contribution in [1.82, 2.24) is 0 Å². The minimum Gasteiger partial charge on any atom is -0.489 e. The van der Waals surface area contributed by atoms with Gasteiger partial charge in [0.15, 0.2) is 6.10 Å². The van der Waals surface area contributed by atoms with E-state index in [1.807, 2.05) is 66.7 Å². The zero-order valence-corrected chi connectivity index (χ0v) is 16.3. The first-order valence-electron chi connectivity index (χ1n) is 8.92. The second kappa shape index (κ2) is 9.81. The van der Waals surface area contributed by atoms with E-state index in [0.717, 1.165) is 16.9 Å². The fourth-order valence-electron chi connectivity index (χ4n) is 2.59. The van der Waals surface area contributed by atoms with Crippen molar-refractivity contribution in [2.45, 2.75) is 19.6 Å². The number of esters is 1. The molecule has 0 fully saturated rings. The highest BCUT2D eigenvalue weighted by Crippen LogP contribution is 2.24. The van der Waals surface area contributed by atoms with E-state index in [2.05, 4.69) is 0 Å². The van der Waals surface area contributed by atoms with Crippen LogP contribution in [-0.4, -0.2) is 12.6 Å². The van der Waals surface area contributed by atoms with Crippen LogP contribution in [0.4, 0.5) is 0 Å². The average Bonchev–Trinajstić information content (AvgIpc) is 2.72. The Morgan fingerprint density at radius 1 is 0.893 bits per heavy atom. The molecule has 0 amide bonds. The molecule has 0 aromatic heterocycles. The first-order valence-corrected chi connectivity index (χ1v) is 9.30. The second-order valence-corrected chi connectivity index (χ2v) is 6.64. The fraction of sp³-hybridized carbons (Fsp3) is 0.174. The molecule has 0 aliphatic carbocycles. The lowest BCUT2D eigenvalue weighted by molar-refractivity contribution is -0.143. The largest absolute Gasteiger partial charge is 0.489 e. The Bertz CT molecular complexity index is 877. The average molecular weight is 397 g/mol. The molecule has 0 heterocycles. The van der Waals surface area contributed by atoms with Crippen molar-refractivity contribution in [2.24, 2.45) is 0 Å². The SMILES string of the molecule is CC(=O)OCC(Oc1ccc(COc2ccc(Cl)cc2)cc1)c1ccccc1.